The van der Waals surface area contributed by atoms with Gasteiger partial charge in [0.05, 0.1) is 6.54 Å². The predicted octanol–water partition coefficient (Wildman–Crippen LogP) is 0.439. The molecule has 0 radical (unpaired) electrons. The molecule has 1 aliphatic rings. The van der Waals surface area contributed by atoms with Crippen LogP contribution in [0.25, 0.3) is 0 Å². The van der Waals surface area contributed by atoms with Crippen molar-refractivity contribution in [2.24, 2.45) is 4.99 Å². The second kappa shape index (κ2) is 2.82. The molecule has 1 rings (SSSR count). The Balaban J connectivity index is 2.14. The lowest BCUT2D eigenvalue weighted by Gasteiger charge is -2.02. The van der Waals surface area contributed by atoms with E-state index in [1.54, 1.807) is 0 Å². The van der Waals surface area contributed by atoms with Crippen molar-refractivity contribution in [2.45, 2.75) is 18.9 Å². The van der Waals surface area contributed by atoms with Gasteiger partial charge in [0.15, 0.2) is 0 Å². The molecule has 1 atom stereocenters. The molecule has 8 heavy (non-hydrogen) atoms. The van der Waals surface area contributed by atoms with E-state index in [-0.39, 0.29) is 0 Å². The van der Waals surface area contributed by atoms with E-state index in [9.17, 15) is 0 Å². The summed E-state index contributed by atoms with van der Waals surface area (Å²) in [6.45, 7) is 5.49. The molecule has 1 saturated heterocycles. The van der Waals surface area contributed by atoms with Crippen molar-refractivity contribution in [3.05, 3.63) is 0 Å². The average Bonchev–Trinajstić information content (AvgIpc) is 2.19. The SMILES string of the molecule is C=NCC1CCCN1. The molecule has 2 heteroatoms. The summed E-state index contributed by atoms with van der Waals surface area (Å²) in [6, 6.07) is 0.632. The zero-order valence-corrected chi connectivity index (χ0v) is 5.06. The van der Waals surface area contributed by atoms with Gasteiger partial charge in [-0.25, -0.2) is 0 Å². The fraction of sp³-hybridized carbons (Fsp3) is 0.833. The summed E-state index contributed by atoms with van der Waals surface area (Å²) in [4.78, 5) is 3.81. The molecule has 1 fully saturated rings. The third kappa shape index (κ3) is 1.30. The summed E-state index contributed by atoms with van der Waals surface area (Å²) in [6.07, 6.45) is 2.58. The Morgan fingerprint density at radius 1 is 1.75 bits per heavy atom. The number of hydrogen-bond acceptors (Lipinski definition) is 2. The van der Waals surface area contributed by atoms with Crippen LogP contribution in [0.1, 0.15) is 12.8 Å². The molecule has 0 aliphatic carbocycles. The first-order chi connectivity index (χ1) is 3.93. The highest BCUT2D eigenvalue weighted by molar-refractivity contribution is 5.23. The zero-order valence-electron chi connectivity index (χ0n) is 5.06. The number of hydrogen-bond donors (Lipinski definition) is 1. The first-order valence-electron chi connectivity index (χ1n) is 3.09. The van der Waals surface area contributed by atoms with Crippen molar-refractivity contribution < 1.29 is 0 Å². The Hall–Kier alpha value is -0.370. The van der Waals surface area contributed by atoms with Crippen LogP contribution in [0.4, 0.5) is 0 Å². The number of rotatable bonds is 2. The standard InChI is InChI=1S/C6H12N2/c1-7-5-6-3-2-4-8-6/h6,8H,1-5H2. The van der Waals surface area contributed by atoms with E-state index >= 15 is 0 Å². The van der Waals surface area contributed by atoms with Gasteiger partial charge in [-0.1, -0.05) is 0 Å². The molecule has 0 amide bonds. The van der Waals surface area contributed by atoms with Gasteiger partial charge in [0, 0.05) is 6.04 Å². The lowest BCUT2D eigenvalue weighted by molar-refractivity contribution is 0.619. The Morgan fingerprint density at radius 3 is 3.12 bits per heavy atom. The number of nitrogens with one attached hydrogen (secondary N) is 1. The van der Waals surface area contributed by atoms with Gasteiger partial charge in [-0.3, -0.25) is 4.99 Å². The van der Waals surface area contributed by atoms with Crippen LogP contribution >= 0.6 is 0 Å². The fourth-order valence-electron chi connectivity index (χ4n) is 1.07. The molecule has 0 bridgehead atoms. The second-order valence-corrected chi connectivity index (χ2v) is 2.20. The molecule has 1 unspecified atom stereocenters. The van der Waals surface area contributed by atoms with Crippen molar-refractivity contribution in [1.29, 1.82) is 0 Å². The van der Waals surface area contributed by atoms with Crippen molar-refractivity contribution in [3.63, 3.8) is 0 Å². The molecule has 46 valence electrons. The van der Waals surface area contributed by atoms with Gasteiger partial charge in [-0.2, -0.15) is 0 Å². The van der Waals surface area contributed by atoms with Gasteiger partial charge < -0.3 is 5.32 Å². The van der Waals surface area contributed by atoms with Crippen LogP contribution in [0.5, 0.6) is 0 Å². The molecule has 0 aromatic rings. The highest BCUT2D eigenvalue weighted by Gasteiger charge is 2.11. The minimum atomic E-state index is 0.632. The van der Waals surface area contributed by atoms with Gasteiger partial charge in [-0.05, 0) is 26.1 Å². The minimum absolute atomic E-state index is 0.632. The predicted molar refractivity (Wildman–Crippen MR) is 35.4 cm³/mol. The van der Waals surface area contributed by atoms with Gasteiger partial charge in [-0.15, -0.1) is 0 Å². The van der Waals surface area contributed by atoms with Gasteiger partial charge in [0.1, 0.15) is 0 Å². The molecular weight excluding hydrogens is 100 g/mol. The molecule has 0 aromatic heterocycles. The quantitative estimate of drug-likeness (QED) is 0.515. The average molecular weight is 112 g/mol. The van der Waals surface area contributed by atoms with Crippen molar-refractivity contribution in [2.75, 3.05) is 13.1 Å². The van der Waals surface area contributed by atoms with Crippen molar-refractivity contribution >= 4 is 6.72 Å². The van der Waals surface area contributed by atoms with E-state index in [0.29, 0.717) is 6.04 Å². The van der Waals surface area contributed by atoms with Crippen LogP contribution in [-0.2, 0) is 0 Å². The van der Waals surface area contributed by atoms with Crippen LogP contribution in [0.2, 0.25) is 0 Å². The maximum Gasteiger partial charge on any atom is 0.0535 e. The van der Waals surface area contributed by atoms with E-state index in [0.717, 1.165) is 6.54 Å². The third-order valence-corrected chi connectivity index (χ3v) is 1.51. The largest absolute Gasteiger partial charge is 0.312 e. The molecule has 0 aromatic carbocycles. The highest BCUT2D eigenvalue weighted by atomic mass is 15.0. The summed E-state index contributed by atoms with van der Waals surface area (Å²) in [5, 5.41) is 3.32. The van der Waals surface area contributed by atoms with Gasteiger partial charge in [0.25, 0.3) is 0 Å². The van der Waals surface area contributed by atoms with Crippen LogP contribution in [0.15, 0.2) is 4.99 Å². The number of nitrogens with zero attached hydrogens (tertiary/aromatic N) is 1. The van der Waals surface area contributed by atoms with Crippen LogP contribution in [0.3, 0.4) is 0 Å². The van der Waals surface area contributed by atoms with E-state index in [4.69, 9.17) is 0 Å². The first kappa shape index (κ1) is 5.76. The summed E-state index contributed by atoms with van der Waals surface area (Å²) < 4.78 is 0. The number of aliphatic imine (C=N–C) groups is 1. The van der Waals surface area contributed by atoms with Crippen LogP contribution in [0, 0.1) is 0 Å². The smallest absolute Gasteiger partial charge is 0.0535 e. The summed E-state index contributed by atoms with van der Waals surface area (Å²) in [7, 11) is 0. The Morgan fingerprint density at radius 2 is 2.62 bits per heavy atom. The Bertz CT molecular complexity index is 74.6. The van der Waals surface area contributed by atoms with E-state index in [2.05, 4.69) is 17.0 Å². The summed E-state index contributed by atoms with van der Waals surface area (Å²) >= 11 is 0. The second-order valence-electron chi connectivity index (χ2n) is 2.20. The molecule has 0 spiro atoms. The molecule has 1 aliphatic heterocycles. The normalized spacial score (nSPS) is 28.2. The first-order valence-corrected chi connectivity index (χ1v) is 3.09. The molecule has 0 saturated carbocycles. The topological polar surface area (TPSA) is 24.4 Å². The molecular formula is C6H12N2. The van der Waals surface area contributed by atoms with Gasteiger partial charge >= 0.3 is 0 Å². The summed E-state index contributed by atoms with van der Waals surface area (Å²) in [5.41, 5.74) is 0. The van der Waals surface area contributed by atoms with Crippen molar-refractivity contribution in [1.82, 2.24) is 5.32 Å². The van der Waals surface area contributed by atoms with Gasteiger partial charge in [0.2, 0.25) is 0 Å². The highest BCUT2D eigenvalue weighted by Crippen LogP contribution is 2.03. The molecule has 1 N–H and O–H groups in total. The summed E-state index contributed by atoms with van der Waals surface area (Å²) in [5.74, 6) is 0. The Kier molecular flexibility index (Phi) is 2.03. The zero-order chi connectivity index (χ0) is 5.82. The van der Waals surface area contributed by atoms with Crippen molar-refractivity contribution in [3.8, 4) is 0 Å². The molecule has 2 nitrogen and oxygen atoms in total. The lowest BCUT2D eigenvalue weighted by Crippen LogP contribution is -2.23. The third-order valence-electron chi connectivity index (χ3n) is 1.51. The maximum absolute atomic E-state index is 3.81. The van der Waals surface area contributed by atoms with E-state index < -0.39 is 0 Å². The van der Waals surface area contributed by atoms with Crippen LogP contribution in [-0.4, -0.2) is 25.8 Å². The lowest BCUT2D eigenvalue weighted by atomic mass is 10.2. The molecule has 1 heterocycles. The monoisotopic (exact) mass is 112 g/mol. The van der Waals surface area contributed by atoms with E-state index in [1.165, 1.54) is 19.4 Å². The van der Waals surface area contributed by atoms with E-state index in [1.807, 2.05) is 0 Å². The maximum atomic E-state index is 3.81. The minimum Gasteiger partial charge on any atom is -0.312 e. The Labute approximate surface area is 50.0 Å². The fourth-order valence-corrected chi connectivity index (χ4v) is 1.07. The van der Waals surface area contributed by atoms with Crippen LogP contribution < -0.4 is 5.32 Å².